The molecule has 0 atom stereocenters. The number of nitrogens with two attached hydrogens (primary N) is 1. The topological polar surface area (TPSA) is 63.9 Å². The van der Waals surface area contributed by atoms with Gasteiger partial charge in [-0.3, -0.25) is 0 Å². The summed E-state index contributed by atoms with van der Waals surface area (Å²) in [5, 5.41) is 1.96. The number of rotatable bonds is 2. The molecule has 3 N–H and O–H groups in total. The van der Waals surface area contributed by atoms with Crippen LogP contribution in [0.4, 0.5) is 5.69 Å². The molecule has 0 aliphatic heterocycles. The Balaban J connectivity index is 2.11. The van der Waals surface area contributed by atoms with Crippen LogP contribution in [0.25, 0.3) is 21.7 Å². The van der Waals surface area contributed by atoms with Crippen molar-refractivity contribution in [3.05, 3.63) is 29.6 Å². The van der Waals surface area contributed by atoms with Crippen molar-refractivity contribution < 1.29 is 4.74 Å². The molecule has 0 saturated heterocycles. The lowest BCUT2D eigenvalue weighted by molar-refractivity contribution is 0.417. The van der Waals surface area contributed by atoms with Gasteiger partial charge in [0, 0.05) is 17.1 Å². The Morgan fingerprint density at radius 3 is 3.00 bits per heavy atom. The number of hydrogen-bond donors (Lipinski definition) is 2. The monoisotopic (exact) mass is 245 g/mol. The second-order valence-corrected chi connectivity index (χ2v) is 4.62. The molecule has 0 amide bonds. The SMILES string of the molecule is COc1csc(-c2nc3ccc(N)cc3[nH]2)c1. The van der Waals surface area contributed by atoms with Crippen LogP contribution in [0.15, 0.2) is 29.6 Å². The average Bonchev–Trinajstić information content (AvgIpc) is 2.93. The smallest absolute Gasteiger partial charge is 0.148 e. The van der Waals surface area contributed by atoms with E-state index >= 15 is 0 Å². The minimum Gasteiger partial charge on any atom is -0.496 e. The molecular weight excluding hydrogens is 234 g/mol. The van der Waals surface area contributed by atoms with Crippen LogP contribution in [0.3, 0.4) is 0 Å². The summed E-state index contributed by atoms with van der Waals surface area (Å²) in [6.07, 6.45) is 0. The maximum absolute atomic E-state index is 5.73. The van der Waals surface area contributed by atoms with Crippen LogP contribution < -0.4 is 10.5 Å². The molecule has 86 valence electrons. The van der Waals surface area contributed by atoms with E-state index in [4.69, 9.17) is 10.5 Å². The lowest BCUT2D eigenvalue weighted by Crippen LogP contribution is -1.82. The van der Waals surface area contributed by atoms with E-state index in [1.807, 2.05) is 29.6 Å². The van der Waals surface area contributed by atoms with Crippen LogP contribution in [0.2, 0.25) is 0 Å². The van der Waals surface area contributed by atoms with E-state index in [-0.39, 0.29) is 0 Å². The third kappa shape index (κ3) is 1.74. The maximum atomic E-state index is 5.73. The standard InChI is InChI=1S/C12H11N3OS/c1-16-8-5-11(17-6-8)12-14-9-3-2-7(13)4-10(9)15-12/h2-6H,13H2,1H3,(H,14,15). The van der Waals surface area contributed by atoms with Gasteiger partial charge in [0.05, 0.1) is 23.0 Å². The lowest BCUT2D eigenvalue weighted by Gasteiger charge is -1.90. The fraction of sp³-hybridized carbons (Fsp3) is 0.0833. The zero-order chi connectivity index (χ0) is 11.8. The third-order valence-corrected chi connectivity index (χ3v) is 3.47. The van der Waals surface area contributed by atoms with Gasteiger partial charge in [0.1, 0.15) is 11.6 Å². The van der Waals surface area contributed by atoms with Crippen molar-refractivity contribution in [1.29, 1.82) is 0 Å². The average molecular weight is 245 g/mol. The molecule has 0 bridgehead atoms. The van der Waals surface area contributed by atoms with Crippen molar-refractivity contribution in [1.82, 2.24) is 9.97 Å². The van der Waals surface area contributed by atoms with Crippen molar-refractivity contribution in [3.63, 3.8) is 0 Å². The second-order valence-electron chi connectivity index (χ2n) is 3.71. The van der Waals surface area contributed by atoms with Gasteiger partial charge in [0.2, 0.25) is 0 Å². The second kappa shape index (κ2) is 3.78. The molecule has 2 aromatic heterocycles. The highest BCUT2D eigenvalue weighted by atomic mass is 32.1. The molecule has 0 aliphatic rings. The summed E-state index contributed by atoms with van der Waals surface area (Å²) in [6, 6.07) is 7.61. The number of hydrogen-bond acceptors (Lipinski definition) is 4. The number of benzene rings is 1. The number of fused-ring (bicyclic) bond motifs is 1. The van der Waals surface area contributed by atoms with Crippen LogP contribution in [0.1, 0.15) is 0 Å². The van der Waals surface area contributed by atoms with Gasteiger partial charge >= 0.3 is 0 Å². The Bertz CT molecular complexity index is 671. The number of methoxy groups -OCH3 is 1. The molecule has 4 nitrogen and oxygen atoms in total. The van der Waals surface area contributed by atoms with Crippen molar-refractivity contribution in [2.75, 3.05) is 12.8 Å². The van der Waals surface area contributed by atoms with Crippen molar-refractivity contribution in [2.24, 2.45) is 0 Å². The minimum atomic E-state index is 0.733. The van der Waals surface area contributed by atoms with E-state index in [0.29, 0.717) is 0 Å². The normalized spacial score (nSPS) is 10.9. The van der Waals surface area contributed by atoms with E-state index < -0.39 is 0 Å². The van der Waals surface area contributed by atoms with Gasteiger partial charge in [-0.05, 0) is 18.2 Å². The summed E-state index contributed by atoms with van der Waals surface area (Å²) in [6.45, 7) is 0. The molecule has 0 fully saturated rings. The number of aromatic amines is 1. The largest absolute Gasteiger partial charge is 0.496 e. The molecule has 0 unspecified atom stereocenters. The van der Waals surface area contributed by atoms with E-state index in [1.165, 1.54) is 0 Å². The Labute approximate surface area is 102 Å². The number of anilines is 1. The fourth-order valence-corrected chi connectivity index (χ4v) is 2.49. The Morgan fingerprint density at radius 1 is 1.35 bits per heavy atom. The Morgan fingerprint density at radius 2 is 2.24 bits per heavy atom. The first-order valence-corrected chi connectivity index (χ1v) is 6.02. The predicted octanol–water partition coefficient (Wildman–Crippen LogP) is 2.88. The molecule has 2 heterocycles. The fourth-order valence-electron chi connectivity index (χ4n) is 1.69. The number of ether oxygens (including phenoxy) is 1. The molecule has 0 aliphatic carbocycles. The number of nitrogen functional groups attached to an aromatic ring is 1. The molecule has 0 spiro atoms. The first kappa shape index (κ1) is 10.2. The number of aromatic nitrogens is 2. The van der Waals surface area contributed by atoms with E-state index in [1.54, 1.807) is 18.4 Å². The minimum absolute atomic E-state index is 0.733. The maximum Gasteiger partial charge on any atom is 0.148 e. The number of nitrogens with one attached hydrogen (secondary N) is 1. The first-order chi connectivity index (χ1) is 8.26. The number of H-pyrrole nitrogens is 1. The van der Waals surface area contributed by atoms with Crippen LogP contribution in [-0.2, 0) is 0 Å². The molecule has 3 aromatic rings. The van der Waals surface area contributed by atoms with E-state index in [2.05, 4.69) is 9.97 Å². The summed E-state index contributed by atoms with van der Waals surface area (Å²) >= 11 is 1.60. The van der Waals surface area contributed by atoms with Gasteiger partial charge in [0.25, 0.3) is 0 Å². The molecule has 0 radical (unpaired) electrons. The quantitative estimate of drug-likeness (QED) is 0.682. The summed E-state index contributed by atoms with van der Waals surface area (Å²) in [7, 11) is 1.66. The van der Waals surface area contributed by atoms with Gasteiger partial charge in [-0.2, -0.15) is 0 Å². The predicted molar refractivity (Wildman–Crippen MR) is 70.4 cm³/mol. The van der Waals surface area contributed by atoms with E-state index in [0.717, 1.165) is 33.2 Å². The molecule has 5 heteroatoms. The number of thiophene rings is 1. The first-order valence-electron chi connectivity index (χ1n) is 5.14. The molecule has 17 heavy (non-hydrogen) atoms. The Kier molecular flexibility index (Phi) is 2.26. The van der Waals surface area contributed by atoms with Crippen molar-refractivity contribution >= 4 is 28.1 Å². The van der Waals surface area contributed by atoms with Crippen LogP contribution in [0.5, 0.6) is 5.75 Å². The summed E-state index contributed by atoms with van der Waals surface area (Å²) < 4.78 is 5.16. The Hall–Kier alpha value is -2.01. The van der Waals surface area contributed by atoms with Gasteiger partial charge in [0.15, 0.2) is 0 Å². The van der Waals surface area contributed by atoms with Gasteiger partial charge in [-0.15, -0.1) is 11.3 Å². The molecule has 0 saturated carbocycles. The van der Waals surface area contributed by atoms with Gasteiger partial charge in [-0.25, -0.2) is 4.98 Å². The van der Waals surface area contributed by atoms with Crippen molar-refractivity contribution in [2.45, 2.75) is 0 Å². The summed E-state index contributed by atoms with van der Waals surface area (Å²) in [4.78, 5) is 8.82. The lowest BCUT2D eigenvalue weighted by atomic mass is 10.3. The molecule has 3 rings (SSSR count). The van der Waals surface area contributed by atoms with Crippen LogP contribution in [-0.4, -0.2) is 17.1 Å². The highest BCUT2D eigenvalue weighted by Crippen LogP contribution is 2.30. The summed E-state index contributed by atoms with van der Waals surface area (Å²) in [5.74, 6) is 1.70. The molecule has 1 aromatic carbocycles. The highest BCUT2D eigenvalue weighted by molar-refractivity contribution is 7.13. The van der Waals surface area contributed by atoms with E-state index in [9.17, 15) is 0 Å². The van der Waals surface area contributed by atoms with Gasteiger partial charge < -0.3 is 15.5 Å². The van der Waals surface area contributed by atoms with Crippen LogP contribution >= 0.6 is 11.3 Å². The van der Waals surface area contributed by atoms with Crippen LogP contribution in [0, 0.1) is 0 Å². The zero-order valence-corrected chi connectivity index (χ0v) is 10.0. The summed E-state index contributed by atoms with van der Waals surface area (Å²) in [5.41, 5.74) is 8.33. The van der Waals surface area contributed by atoms with Gasteiger partial charge in [-0.1, -0.05) is 0 Å². The number of imidazole rings is 1. The molecular formula is C12H11N3OS. The third-order valence-electron chi connectivity index (χ3n) is 2.55. The number of nitrogens with zero attached hydrogens (tertiary/aromatic N) is 1. The highest BCUT2D eigenvalue weighted by Gasteiger charge is 2.08. The zero-order valence-electron chi connectivity index (χ0n) is 9.23. The van der Waals surface area contributed by atoms with Crippen molar-refractivity contribution in [3.8, 4) is 16.5 Å².